The normalized spacial score (nSPS) is 14.4. The lowest BCUT2D eigenvalue weighted by Gasteiger charge is -2.36. The first-order valence-corrected chi connectivity index (χ1v) is 8.71. The van der Waals surface area contributed by atoms with Crippen molar-refractivity contribution in [3.05, 3.63) is 76.6 Å². The van der Waals surface area contributed by atoms with E-state index in [-0.39, 0.29) is 17.2 Å². The van der Waals surface area contributed by atoms with Crippen molar-refractivity contribution in [2.24, 2.45) is 0 Å². The summed E-state index contributed by atoms with van der Waals surface area (Å²) in [5.74, 6) is -0.0851. The lowest BCUT2D eigenvalue weighted by Crippen LogP contribution is -2.47. The molecule has 0 atom stereocenters. The Morgan fingerprint density at radius 2 is 1.37 bits per heavy atom. The summed E-state index contributed by atoms with van der Waals surface area (Å²) in [5, 5.41) is 0. The highest BCUT2D eigenvalue weighted by molar-refractivity contribution is 5.60. The van der Waals surface area contributed by atoms with Crippen LogP contribution < -0.4 is 15.4 Å². The van der Waals surface area contributed by atoms with E-state index in [1.807, 2.05) is 4.90 Å². The van der Waals surface area contributed by atoms with Gasteiger partial charge in [-0.3, -0.25) is 9.78 Å². The number of aromatic nitrogens is 2. The second-order valence-electron chi connectivity index (χ2n) is 6.41. The van der Waals surface area contributed by atoms with Crippen LogP contribution in [0.15, 0.2) is 59.4 Å². The number of nitrogens with one attached hydrogen (secondary N) is 1. The van der Waals surface area contributed by atoms with Crippen LogP contribution in [0.1, 0.15) is 0 Å². The number of benzene rings is 2. The smallest absolute Gasteiger partial charge is 0.252 e. The quantitative estimate of drug-likeness (QED) is 0.772. The van der Waals surface area contributed by atoms with E-state index in [0.717, 1.165) is 18.8 Å². The molecule has 0 bridgehead atoms. The van der Waals surface area contributed by atoms with E-state index in [0.29, 0.717) is 30.3 Å². The summed E-state index contributed by atoms with van der Waals surface area (Å²) in [6, 6.07) is 13.7. The largest absolute Gasteiger partial charge is 0.368 e. The number of rotatable bonds is 3. The highest BCUT2D eigenvalue weighted by Crippen LogP contribution is 2.21. The highest BCUT2D eigenvalue weighted by Gasteiger charge is 2.19. The van der Waals surface area contributed by atoms with Crippen molar-refractivity contribution in [2.45, 2.75) is 0 Å². The second-order valence-corrected chi connectivity index (χ2v) is 6.41. The van der Waals surface area contributed by atoms with Gasteiger partial charge in [0, 0.05) is 43.5 Å². The number of anilines is 2. The van der Waals surface area contributed by atoms with Gasteiger partial charge in [-0.25, -0.2) is 13.8 Å². The van der Waals surface area contributed by atoms with Gasteiger partial charge >= 0.3 is 0 Å². The van der Waals surface area contributed by atoms with Crippen LogP contribution in [0.5, 0.6) is 0 Å². The molecule has 3 aromatic rings. The lowest BCUT2D eigenvalue weighted by atomic mass is 10.1. The number of piperazine rings is 1. The molecule has 0 radical (unpaired) electrons. The number of aromatic amines is 1. The summed E-state index contributed by atoms with van der Waals surface area (Å²) in [7, 11) is 0. The van der Waals surface area contributed by atoms with Gasteiger partial charge in [0.05, 0.1) is 5.69 Å². The summed E-state index contributed by atoms with van der Waals surface area (Å²) < 4.78 is 26.2. The van der Waals surface area contributed by atoms with Gasteiger partial charge in [0.15, 0.2) is 0 Å². The Morgan fingerprint density at radius 1 is 0.815 bits per heavy atom. The van der Waals surface area contributed by atoms with Gasteiger partial charge in [-0.05, 0) is 48.5 Å². The SMILES string of the molecule is O=c1cc(-c2ccc(F)cc2)nc(N2CCN(c3ccc(F)cc3)CC2)[nH]1. The van der Waals surface area contributed by atoms with Crippen LogP contribution in [0.2, 0.25) is 0 Å². The maximum atomic E-state index is 13.1. The minimum absolute atomic E-state index is 0.250. The second kappa shape index (κ2) is 7.19. The molecule has 27 heavy (non-hydrogen) atoms. The molecule has 0 saturated carbocycles. The number of halogens is 2. The number of H-pyrrole nitrogens is 1. The number of hydrogen-bond acceptors (Lipinski definition) is 4. The van der Waals surface area contributed by atoms with Gasteiger partial charge < -0.3 is 9.80 Å². The molecule has 138 valence electrons. The third kappa shape index (κ3) is 3.81. The Morgan fingerprint density at radius 3 is 2.00 bits per heavy atom. The molecule has 2 aromatic carbocycles. The molecule has 1 N–H and O–H groups in total. The average molecular weight is 368 g/mol. The first-order valence-electron chi connectivity index (χ1n) is 8.71. The zero-order valence-electron chi connectivity index (χ0n) is 14.5. The van der Waals surface area contributed by atoms with E-state index in [4.69, 9.17) is 0 Å². The van der Waals surface area contributed by atoms with E-state index in [1.54, 1.807) is 24.3 Å². The van der Waals surface area contributed by atoms with Crippen molar-refractivity contribution < 1.29 is 8.78 Å². The Hall–Kier alpha value is -3.22. The van der Waals surface area contributed by atoms with Gasteiger partial charge in [0.25, 0.3) is 5.56 Å². The lowest BCUT2D eigenvalue weighted by molar-refractivity contribution is 0.623. The van der Waals surface area contributed by atoms with Crippen LogP contribution >= 0.6 is 0 Å². The van der Waals surface area contributed by atoms with Crippen molar-refractivity contribution in [1.82, 2.24) is 9.97 Å². The van der Waals surface area contributed by atoms with Crippen molar-refractivity contribution in [2.75, 3.05) is 36.0 Å². The van der Waals surface area contributed by atoms with Crippen LogP contribution in [-0.2, 0) is 0 Å². The van der Waals surface area contributed by atoms with E-state index in [2.05, 4.69) is 14.9 Å². The Bertz CT molecular complexity index is 978. The van der Waals surface area contributed by atoms with Crippen LogP contribution in [0.3, 0.4) is 0 Å². The molecule has 2 heterocycles. The minimum Gasteiger partial charge on any atom is -0.368 e. The fraction of sp³-hybridized carbons (Fsp3) is 0.200. The number of nitrogens with zero attached hydrogens (tertiary/aromatic N) is 3. The molecule has 7 heteroatoms. The van der Waals surface area contributed by atoms with E-state index in [9.17, 15) is 13.6 Å². The number of hydrogen-bond donors (Lipinski definition) is 1. The molecule has 1 aromatic heterocycles. The highest BCUT2D eigenvalue weighted by atomic mass is 19.1. The minimum atomic E-state index is -0.333. The molecule has 0 spiro atoms. The van der Waals surface area contributed by atoms with Crippen molar-refractivity contribution in [3.8, 4) is 11.3 Å². The zero-order valence-corrected chi connectivity index (χ0v) is 14.5. The molecule has 1 fully saturated rings. The Balaban J connectivity index is 1.52. The molecule has 1 aliphatic rings. The summed E-state index contributed by atoms with van der Waals surface area (Å²) in [6.07, 6.45) is 0. The van der Waals surface area contributed by atoms with Gasteiger partial charge in [0.1, 0.15) is 11.6 Å². The first kappa shape index (κ1) is 17.2. The fourth-order valence-corrected chi connectivity index (χ4v) is 3.19. The molecule has 1 aliphatic heterocycles. The van der Waals surface area contributed by atoms with Gasteiger partial charge in [-0.1, -0.05) is 0 Å². The van der Waals surface area contributed by atoms with Gasteiger partial charge in [-0.15, -0.1) is 0 Å². The van der Waals surface area contributed by atoms with E-state index in [1.165, 1.54) is 30.3 Å². The van der Waals surface area contributed by atoms with Gasteiger partial charge in [0.2, 0.25) is 5.95 Å². The first-order chi connectivity index (χ1) is 13.1. The maximum absolute atomic E-state index is 13.1. The molecule has 5 nitrogen and oxygen atoms in total. The summed E-state index contributed by atoms with van der Waals surface area (Å²) in [4.78, 5) is 23.6. The van der Waals surface area contributed by atoms with E-state index >= 15 is 0 Å². The molecule has 0 unspecified atom stereocenters. The van der Waals surface area contributed by atoms with E-state index < -0.39 is 0 Å². The van der Waals surface area contributed by atoms with Crippen molar-refractivity contribution >= 4 is 11.6 Å². The maximum Gasteiger partial charge on any atom is 0.252 e. The molecule has 0 aliphatic carbocycles. The third-order valence-corrected chi connectivity index (χ3v) is 4.64. The predicted molar refractivity (Wildman–Crippen MR) is 101 cm³/mol. The standard InChI is InChI=1S/C20H18F2N4O/c21-15-3-1-14(2-4-15)18-13-19(27)24-20(23-18)26-11-9-25(10-12-26)17-7-5-16(22)6-8-17/h1-8,13H,9-12H2,(H,23,24,27). The molecule has 0 amide bonds. The van der Waals surface area contributed by atoms with Crippen LogP contribution in [0.25, 0.3) is 11.3 Å². The average Bonchev–Trinajstić information content (AvgIpc) is 2.69. The molecular formula is C20H18F2N4O. The van der Waals surface area contributed by atoms with Crippen LogP contribution in [0, 0.1) is 11.6 Å². The van der Waals surface area contributed by atoms with Crippen LogP contribution in [0.4, 0.5) is 20.4 Å². The summed E-state index contributed by atoms with van der Waals surface area (Å²) in [6.45, 7) is 2.81. The third-order valence-electron chi connectivity index (χ3n) is 4.64. The van der Waals surface area contributed by atoms with Gasteiger partial charge in [-0.2, -0.15) is 0 Å². The van der Waals surface area contributed by atoms with Crippen molar-refractivity contribution in [1.29, 1.82) is 0 Å². The predicted octanol–water partition coefficient (Wildman–Crippen LogP) is 3.04. The monoisotopic (exact) mass is 368 g/mol. The van der Waals surface area contributed by atoms with Crippen LogP contribution in [-0.4, -0.2) is 36.1 Å². The molecule has 4 rings (SSSR count). The Kier molecular flexibility index (Phi) is 4.58. The summed E-state index contributed by atoms with van der Waals surface area (Å²) >= 11 is 0. The zero-order chi connectivity index (χ0) is 18.8. The fourth-order valence-electron chi connectivity index (χ4n) is 3.19. The Labute approximate surface area is 154 Å². The summed E-state index contributed by atoms with van der Waals surface area (Å²) in [5.41, 5.74) is 1.92. The molecule has 1 saturated heterocycles. The topological polar surface area (TPSA) is 52.2 Å². The van der Waals surface area contributed by atoms with Crippen molar-refractivity contribution in [3.63, 3.8) is 0 Å². The molecular weight excluding hydrogens is 350 g/mol.